The zero-order chi connectivity index (χ0) is 10.4. The monoisotopic (exact) mass is 197 g/mol. The van der Waals surface area contributed by atoms with Crippen LogP contribution in [0.25, 0.3) is 0 Å². The van der Waals surface area contributed by atoms with Gasteiger partial charge in [0.15, 0.2) is 0 Å². The van der Waals surface area contributed by atoms with Crippen molar-refractivity contribution in [1.82, 2.24) is 15.1 Å². The molecule has 0 amide bonds. The van der Waals surface area contributed by atoms with Crippen molar-refractivity contribution < 1.29 is 4.74 Å². The zero-order valence-corrected chi connectivity index (χ0v) is 9.16. The van der Waals surface area contributed by atoms with Crippen molar-refractivity contribution in [3.05, 3.63) is 18.0 Å². The van der Waals surface area contributed by atoms with E-state index in [1.807, 2.05) is 38.1 Å². The first-order chi connectivity index (χ1) is 6.76. The second-order valence-electron chi connectivity index (χ2n) is 3.37. The molecule has 0 fully saturated rings. The Balaban J connectivity index is 2.40. The van der Waals surface area contributed by atoms with Crippen LogP contribution in [0.1, 0.15) is 12.5 Å². The third-order valence-corrected chi connectivity index (χ3v) is 2.17. The van der Waals surface area contributed by atoms with Crippen LogP contribution in [-0.2, 0) is 18.2 Å². The van der Waals surface area contributed by atoms with E-state index in [0.29, 0.717) is 6.04 Å². The lowest BCUT2D eigenvalue weighted by Gasteiger charge is -2.14. The summed E-state index contributed by atoms with van der Waals surface area (Å²) in [7, 11) is 3.89. The highest BCUT2D eigenvalue weighted by Crippen LogP contribution is 2.01. The van der Waals surface area contributed by atoms with E-state index in [0.717, 1.165) is 19.6 Å². The maximum Gasteiger partial charge on any atom is 0.0622 e. The van der Waals surface area contributed by atoms with Crippen molar-refractivity contribution in [3.8, 4) is 0 Å². The van der Waals surface area contributed by atoms with E-state index < -0.39 is 0 Å². The van der Waals surface area contributed by atoms with E-state index in [1.54, 1.807) is 0 Å². The normalized spacial score (nSPS) is 13.1. The first-order valence-corrected chi connectivity index (χ1v) is 4.98. The molecule has 1 heterocycles. The van der Waals surface area contributed by atoms with E-state index in [1.165, 1.54) is 5.56 Å². The minimum Gasteiger partial charge on any atom is -0.380 e. The van der Waals surface area contributed by atoms with E-state index in [4.69, 9.17) is 4.74 Å². The lowest BCUT2D eigenvalue weighted by molar-refractivity contribution is 0.125. The molecule has 0 aliphatic carbocycles. The lowest BCUT2D eigenvalue weighted by atomic mass is 10.1. The maximum absolute atomic E-state index is 5.38. The molecule has 0 spiro atoms. The van der Waals surface area contributed by atoms with Crippen molar-refractivity contribution >= 4 is 0 Å². The molecule has 4 nitrogen and oxygen atoms in total. The highest BCUT2D eigenvalue weighted by molar-refractivity contribution is 5.05. The van der Waals surface area contributed by atoms with Crippen molar-refractivity contribution in [2.24, 2.45) is 7.05 Å². The Bertz CT molecular complexity index is 260. The summed E-state index contributed by atoms with van der Waals surface area (Å²) in [4.78, 5) is 0. The van der Waals surface area contributed by atoms with Gasteiger partial charge in [-0.2, -0.15) is 5.10 Å². The number of nitrogens with one attached hydrogen (secondary N) is 1. The van der Waals surface area contributed by atoms with Crippen LogP contribution in [0.3, 0.4) is 0 Å². The molecule has 1 atom stereocenters. The number of aromatic nitrogens is 2. The van der Waals surface area contributed by atoms with E-state index in [9.17, 15) is 0 Å². The quantitative estimate of drug-likeness (QED) is 0.725. The van der Waals surface area contributed by atoms with Crippen molar-refractivity contribution in [2.75, 3.05) is 20.3 Å². The van der Waals surface area contributed by atoms with Gasteiger partial charge in [0, 0.05) is 25.9 Å². The van der Waals surface area contributed by atoms with E-state index in [2.05, 4.69) is 10.4 Å². The molecule has 80 valence electrons. The fraction of sp³-hybridized carbons (Fsp3) is 0.700. The number of hydrogen-bond acceptors (Lipinski definition) is 3. The fourth-order valence-corrected chi connectivity index (χ4v) is 1.37. The summed E-state index contributed by atoms with van der Waals surface area (Å²) in [5.74, 6) is 0. The van der Waals surface area contributed by atoms with Gasteiger partial charge in [0.1, 0.15) is 0 Å². The van der Waals surface area contributed by atoms with Gasteiger partial charge in [0.25, 0.3) is 0 Å². The smallest absolute Gasteiger partial charge is 0.0622 e. The van der Waals surface area contributed by atoms with Gasteiger partial charge in [-0.3, -0.25) is 4.68 Å². The third-order valence-electron chi connectivity index (χ3n) is 2.17. The predicted molar refractivity (Wildman–Crippen MR) is 56.3 cm³/mol. The van der Waals surface area contributed by atoms with Crippen LogP contribution >= 0.6 is 0 Å². The average molecular weight is 197 g/mol. The van der Waals surface area contributed by atoms with Crippen molar-refractivity contribution in [2.45, 2.75) is 19.4 Å². The maximum atomic E-state index is 5.38. The van der Waals surface area contributed by atoms with Crippen LogP contribution in [0, 0.1) is 0 Å². The molecule has 1 unspecified atom stereocenters. The summed E-state index contributed by atoms with van der Waals surface area (Å²) in [5, 5.41) is 7.36. The summed E-state index contributed by atoms with van der Waals surface area (Å²) in [6.45, 7) is 3.53. The Morgan fingerprint density at radius 3 is 2.93 bits per heavy atom. The topological polar surface area (TPSA) is 39.1 Å². The Hall–Kier alpha value is -0.870. The Morgan fingerprint density at radius 2 is 2.43 bits per heavy atom. The molecule has 1 N–H and O–H groups in total. The van der Waals surface area contributed by atoms with Crippen LogP contribution in [-0.4, -0.2) is 36.1 Å². The van der Waals surface area contributed by atoms with Gasteiger partial charge < -0.3 is 10.1 Å². The van der Waals surface area contributed by atoms with Gasteiger partial charge in [0.05, 0.1) is 12.8 Å². The number of nitrogens with zero attached hydrogens (tertiary/aromatic N) is 2. The number of hydrogen-bond donors (Lipinski definition) is 1. The Kier molecular flexibility index (Phi) is 4.62. The molecule has 0 saturated carbocycles. The van der Waals surface area contributed by atoms with Gasteiger partial charge in [-0.1, -0.05) is 0 Å². The van der Waals surface area contributed by atoms with Gasteiger partial charge in [-0.05, 0) is 26.0 Å². The molecule has 0 aliphatic heterocycles. The number of likely N-dealkylation sites (N-methyl/N-ethyl adjacent to an activating group) is 1. The lowest BCUT2D eigenvalue weighted by Crippen LogP contribution is -2.32. The third kappa shape index (κ3) is 3.47. The second kappa shape index (κ2) is 5.78. The van der Waals surface area contributed by atoms with Crippen LogP contribution in [0.5, 0.6) is 0 Å². The average Bonchev–Trinajstić information content (AvgIpc) is 2.58. The van der Waals surface area contributed by atoms with E-state index in [-0.39, 0.29) is 0 Å². The Labute approximate surface area is 85.3 Å². The van der Waals surface area contributed by atoms with Crippen LogP contribution in [0.4, 0.5) is 0 Å². The van der Waals surface area contributed by atoms with Crippen LogP contribution in [0.15, 0.2) is 12.4 Å². The fourth-order valence-electron chi connectivity index (χ4n) is 1.37. The minimum atomic E-state index is 0.374. The summed E-state index contributed by atoms with van der Waals surface area (Å²) in [6.07, 6.45) is 4.90. The highest BCUT2D eigenvalue weighted by atomic mass is 16.5. The molecule has 0 radical (unpaired) electrons. The van der Waals surface area contributed by atoms with E-state index >= 15 is 0 Å². The Morgan fingerprint density at radius 1 is 1.64 bits per heavy atom. The largest absolute Gasteiger partial charge is 0.380 e. The minimum absolute atomic E-state index is 0.374. The number of rotatable bonds is 6. The molecular formula is C10H19N3O. The molecule has 0 saturated heterocycles. The molecule has 1 aromatic heterocycles. The molecule has 0 aliphatic rings. The molecule has 1 aromatic rings. The molecule has 14 heavy (non-hydrogen) atoms. The summed E-state index contributed by atoms with van der Waals surface area (Å²) >= 11 is 0. The van der Waals surface area contributed by atoms with Gasteiger partial charge in [0.2, 0.25) is 0 Å². The first-order valence-electron chi connectivity index (χ1n) is 4.98. The molecule has 4 heteroatoms. The predicted octanol–water partition coefficient (Wildman–Crippen LogP) is 0.587. The second-order valence-corrected chi connectivity index (χ2v) is 3.37. The zero-order valence-electron chi connectivity index (χ0n) is 9.16. The molecule has 1 rings (SSSR count). The first kappa shape index (κ1) is 11.2. The van der Waals surface area contributed by atoms with Gasteiger partial charge in [-0.15, -0.1) is 0 Å². The van der Waals surface area contributed by atoms with Gasteiger partial charge in [-0.25, -0.2) is 0 Å². The molecular weight excluding hydrogens is 178 g/mol. The van der Waals surface area contributed by atoms with Crippen LogP contribution in [0.2, 0.25) is 0 Å². The number of aryl methyl sites for hydroxylation is 1. The summed E-state index contributed by atoms with van der Waals surface area (Å²) in [6, 6.07) is 0.374. The summed E-state index contributed by atoms with van der Waals surface area (Å²) < 4.78 is 7.20. The van der Waals surface area contributed by atoms with Crippen molar-refractivity contribution in [1.29, 1.82) is 0 Å². The SMILES string of the molecule is CCOCC(Cc1cnn(C)c1)NC. The van der Waals surface area contributed by atoms with Crippen molar-refractivity contribution in [3.63, 3.8) is 0 Å². The standard InChI is InChI=1S/C10H19N3O/c1-4-14-8-10(11-2)5-9-6-12-13(3)7-9/h6-7,10-11H,4-5,8H2,1-3H3. The summed E-state index contributed by atoms with van der Waals surface area (Å²) in [5.41, 5.74) is 1.24. The molecule has 0 aromatic carbocycles. The molecule has 0 bridgehead atoms. The van der Waals surface area contributed by atoms with Crippen LogP contribution < -0.4 is 5.32 Å². The van der Waals surface area contributed by atoms with Gasteiger partial charge >= 0.3 is 0 Å². The highest BCUT2D eigenvalue weighted by Gasteiger charge is 2.07. The number of ether oxygens (including phenoxy) is 1.